The molecule has 0 radical (unpaired) electrons. The van der Waals surface area contributed by atoms with Crippen LogP contribution in [-0.4, -0.2) is 75.6 Å². The van der Waals surface area contributed by atoms with E-state index in [0.29, 0.717) is 32.8 Å². The van der Waals surface area contributed by atoms with Crippen LogP contribution >= 0.6 is 0 Å². The molecule has 1 fully saturated rings. The number of morpholine rings is 1. The van der Waals surface area contributed by atoms with Crippen molar-refractivity contribution in [2.24, 2.45) is 0 Å². The average Bonchev–Trinajstić information content (AvgIpc) is 2.96. The predicted octanol–water partition coefficient (Wildman–Crippen LogP) is -1.02. The lowest BCUT2D eigenvalue weighted by Crippen LogP contribution is -2.50. The van der Waals surface area contributed by atoms with Crippen molar-refractivity contribution >= 4 is 12.0 Å². The predicted molar refractivity (Wildman–Crippen MR) is 71.0 cm³/mol. The van der Waals surface area contributed by atoms with Gasteiger partial charge in [-0.3, -0.25) is 0 Å². The second-order valence-corrected chi connectivity index (χ2v) is 4.66. The Morgan fingerprint density at radius 2 is 2.33 bits per heavy atom. The first-order chi connectivity index (χ1) is 10.1. The van der Waals surface area contributed by atoms with Crippen molar-refractivity contribution in [1.29, 1.82) is 0 Å². The summed E-state index contributed by atoms with van der Waals surface area (Å²) in [4.78, 5) is 27.9. The summed E-state index contributed by atoms with van der Waals surface area (Å²) in [6.45, 7) is 1.92. The van der Waals surface area contributed by atoms with Crippen LogP contribution in [0.1, 0.15) is 10.5 Å². The molecule has 0 aliphatic carbocycles. The number of hydrogen-bond donors (Lipinski definition) is 3. The number of rotatable bonds is 5. The van der Waals surface area contributed by atoms with Gasteiger partial charge >= 0.3 is 12.0 Å². The molecule has 2 rings (SSSR count). The van der Waals surface area contributed by atoms with E-state index in [-0.39, 0.29) is 24.4 Å². The SMILES string of the molecule is O=C(O)c1cn(CCNC(=O)N2CCOC(CO)C2)cn1. The number of imidazole rings is 1. The van der Waals surface area contributed by atoms with E-state index in [1.165, 1.54) is 12.5 Å². The molecule has 1 aliphatic rings. The highest BCUT2D eigenvalue weighted by atomic mass is 16.5. The van der Waals surface area contributed by atoms with Gasteiger partial charge < -0.3 is 29.7 Å². The lowest BCUT2D eigenvalue weighted by atomic mass is 10.3. The quantitative estimate of drug-likeness (QED) is 0.641. The van der Waals surface area contributed by atoms with Gasteiger partial charge in [-0.2, -0.15) is 0 Å². The lowest BCUT2D eigenvalue weighted by molar-refractivity contribution is -0.0402. The Balaban J connectivity index is 1.74. The fraction of sp³-hybridized carbons (Fsp3) is 0.583. The van der Waals surface area contributed by atoms with Gasteiger partial charge in [0.05, 0.1) is 32.2 Å². The third-order valence-electron chi connectivity index (χ3n) is 3.13. The monoisotopic (exact) mass is 298 g/mol. The number of aliphatic hydroxyl groups excluding tert-OH is 1. The average molecular weight is 298 g/mol. The van der Waals surface area contributed by atoms with E-state index in [9.17, 15) is 9.59 Å². The van der Waals surface area contributed by atoms with Crippen molar-refractivity contribution in [3.63, 3.8) is 0 Å². The Morgan fingerprint density at radius 3 is 3.00 bits per heavy atom. The van der Waals surface area contributed by atoms with Crippen LogP contribution in [0, 0.1) is 0 Å². The topological polar surface area (TPSA) is 117 Å². The Kier molecular flexibility index (Phi) is 5.12. The largest absolute Gasteiger partial charge is 0.476 e. The molecule has 2 heterocycles. The molecule has 0 aromatic carbocycles. The Labute approximate surface area is 121 Å². The number of carbonyl (C=O) groups excluding carboxylic acids is 1. The summed E-state index contributed by atoms with van der Waals surface area (Å²) in [5, 5.41) is 20.5. The maximum atomic E-state index is 11.9. The zero-order chi connectivity index (χ0) is 15.2. The summed E-state index contributed by atoms with van der Waals surface area (Å²) in [5.41, 5.74) is -0.0275. The molecule has 1 aromatic heterocycles. The Hall–Kier alpha value is -2.13. The van der Waals surface area contributed by atoms with Gasteiger partial charge in [-0.05, 0) is 0 Å². The smallest absolute Gasteiger partial charge is 0.356 e. The maximum Gasteiger partial charge on any atom is 0.356 e. The van der Waals surface area contributed by atoms with Crippen LogP contribution in [0.2, 0.25) is 0 Å². The molecule has 1 aromatic rings. The number of urea groups is 1. The molecule has 0 saturated carbocycles. The van der Waals surface area contributed by atoms with Gasteiger partial charge in [-0.1, -0.05) is 0 Å². The van der Waals surface area contributed by atoms with Crippen LogP contribution in [-0.2, 0) is 11.3 Å². The summed E-state index contributed by atoms with van der Waals surface area (Å²) in [6, 6.07) is -0.227. The standard InChI is InChI=1S/C12H18N4O5/c17-7-9-5-16(3-4-21-9)12(20)13-1-2-15-6-10(11(18)19)14-8-15/h6,8-9,17H,1-5,7H2,(H,13,20)(H,18,19). The van der Waals surface area contributed by atoms with Gasteiger partial charge in [-0.25, -0.2) is 14.6 Å². The van der Waals surface area contributed by atoms with Gasteiger partial charge in [-0.15, -0.1) is 0 Å². The first kappa shape index (κ1) is 15.3. The van der Waals surface area contributed by atoms with Crippen LogP contribution in [0.4, 0.5) is 4.79 Å². The molecule has 0 spiro atoms. The molecule has 1 aliphatic heterocycles. The summed E-state index contributed by atoms with van der Waals surface area (Å²) in [6.07, 6.45) is 2.48. The molecule has 2 amide bonds. The minimum absolute atomic E-state index is 0.0275. The molecule has 21 heavy (non-hydrogen) atoms. The summed E-state index contributed by atoms with van der Waals surface area (Å²) in [5.74, 6) is -1.08. The van der Waals surface area contributed by atoms with E-state index < -0.39 is 5.97 Å². The van der Waals surface area contributed by atoms with Crippen molar-refractivity contribution in [3.05, 3.63) is 18.2 Å². The molecule has 1 atom stereocenters. The number of nitrogens with one attached hydrogen (secondary N) is 1. The highest BCUT2D eigenvalue weighted by Crippen LogP contribution is 2.04. The maximum absolute atomic E-state index is 11.9. The number of aromatic carboxylic acids is 1. The molecule has 0 bridgehead atoms. The number of hydrogen-bond acceptors (Lipinski definition) is 5. The molecule has 9 nitrogen and oxygen atoms in total. The van der Waals surface area contributed by atoms with Crippen LogP contribution in [0.5, 0.6) is 0 Å². The summed E-state index contributed by atoms with van der Waals surface area (Å²) >= 11 is 0. The minimum Gasteiger partial charge on any atom is -0.476 e. The molecule has 1 unspecified atom stereocenters. The second-order valence-electron chi connectivity index (χ2n) is 4.66. The van der Waals surface area contributed by atoms with Crippen LogP contribution < -0.4 is 5.32 Å². The van der Waals surface area contributed by atoms with E-state index in [1.54, 1.807) is 9.47 Å². The van der Waals surface area contributed by atoms with Crippen LogP contribution in [0.25, 0.3) is 0 Å². The van der Waals surface area contributed by atoms with Gasteiger partial charge in [0.25, 0.3) is 0 Å². The summed E-state index contributed by atoms with van der Waals surface area (Å²) < 4.78 is 6.86. The van der Waals surface area contributed by atoms with Gasteiger partial charge in [0, 0.05) is 25.8 Å². The van der Waals surface area contributed by atoms with E-state index in [1.807, 2.05) is 0 Å². The molecule has 3 N–H and O–H groups in total. The van der Waals surface area contributed by atoms with Crippen molar-refractivity contribution < 1.29 is 24.5 Å². The third kappa shape index (κ3) is 4.17. The van der Waals surface area contributed by atoms with Crippen LogP contribution in [0.15, 0.2) is 12.5 Å². The fourth-order valence-electron chi connectivity index (χ4n) is 2.01. The molecule has 1 saturated heterocycles. The number of aliphatic hydroxyl groups is 1. The first-order valence-corrected chi connectivity index (χ1v) is 6.60. The number of carbonyl (C=O) groups is 2. The van der Waals surface area contributed by atoms with E-state index in [2.05, 4.69) is 10.3 Å². The fourth-order valence-corrected chi connectivity index (χ4v) is 2.01. The Morgan fingerprint density at radius 1 is 1.52 bits per heavy atom. The van der Waals surface area contributed by atoms with E-state index >= 15 is 0 Å². The number of amides is 2. The van der Waals surface area contributed by atoms with E-state index in [4.69, 9.17) is 14.9 Å². The highest BCUT2D eigenvalue weighted by Gasteiger charge is 2.23. The van der Waals surface area contributed by atoms with Gasteiger partial charge in [0.15, 0.2) is 5.69 Å². The third-order valence-corrected chi connectivity index (χ3v) is 3.13. The number of carboxylic acid groups (broad SMARTS) is 1. The molecule has 116 valence electrons. The van der Waals surface area contributed by atoms with Crippen molar-refractivity contribution in [1.82, 2.24) is 19.8 Å². The van der Waals surface area contributed by atoms with Gasteiger partial charge in [0.2, 0.25) is 0 Å². The Bertz CT molecular complexity index is 504. The molecule has 9 heteroatoms. The zero-order valence-corrected chi connectivity index (χ0v) is 11.4. The number of ether oxygens (including phenoxy) is 1. The second kappa shape index (κ2) is 7.04. The van der Waals surface area contributed by atoms with Crippen LogP contribution in [0.3, 0.4) is 0 Å². The number of nitrogens with zero attached hydrogens (tertiary/aromatic N) is 3. The molecular weight excluding hydrogens is 280 g/mol. The van der Waals surface area contributed by atoms with Gasteiger partial charge in [0.1, 0.15) is 0 Å². The first-order valence-electron chi connectivity index (χ1n) is 6.60. The van der Waals surface area contributed by atoms with Crippen molar-refractivity contribution in [3.8, 4) is 0 Å². The molecular formula is C12H18N4O5. The van der Waals surface area contributed by atoms with E-state index in [0.717, 1.165) is 0 Å². The number of carboxylic acids is 1. The minimum atomic E-state index is -1.08. The normalized spacial score (nSPS) is 18.5. The zero-order valence-electron chi connectivity index (χ0n) is 11.4. The summed E-state index contributed by atoms with van der Waals surface area (Å²) in [7, 11) is 0. The lowest BCUT2D eigenvalue weighted by Gasteiger charge is -2.32. The van der Waals surface area contributed by atoms with Crippen molar-refractivity contribution in [2.45, 2.75) is 12.6 Å². The number of aromatic nitrogens is 2. The van der Waals surface area contributed by atoms with Crippen molar-refractivity contribution in [2.75, 3.05) is 32.8 Å². The highest BCUT2D eigenvalue weighted by molar-refractivity contribution is 5.84.